The Labute approximate surface area is 98.0 Å². The molecular weight excluding hydrogens is 202 g/mol. The Kier molecular flexibility index (Phi) is 6.11. The van der Waals surface area contributed by atoms with Gasteiger partial charge in [0.15, 0.2) is 0 Å². The summed E-state index contributed by atoms with van der Waals surface area (Å²) in [6, 6.07) is 2.62. The smallest absolute Gasteiger partial charge is 0.0492 e. The molecule has 0 amide bonds. The van der Waals surface area contributed by atoms with E-state index in [0.29, 0.717) is 6.04 Å². The fourth-order valence-corrected chi connectivity index (χ4v) is 1.87. The first-order valence-corrected chi connectivity index (χ1v) is 5.97. The molecule has 1 unspecified atom stereocenters. The molecule has 0 bridgehead atoms. The number of aromatic nitrogens is 2. The Morgan fingerprint density at radius 1 is 1.50 bits per heavy atom. The van der Waals surface area contributed by atoms with Crippen molar-refractivity contribution in [1.29, 1.82) is 0 Å². The fourth-order valence-electron chi connectivity index (χ4n) is 1.87. The Balaban J connectivity index is 2.34. The number of nitrogens with one attached hydrogen (secondary N) is 1. The third-order valence-corrected chi connectivity index (χ3v) is 2.83. The first-order chi connectivity index (χ1) is 7.77. The van der Waals surface area contributed by atoms with Crippen molar-refractivity contribution in [3.63, 3.8) is 0 Å². The highest BCUT2D eigenvalue weighted by atomic mass is 16.5. The van der Waals surface area contributed by atoms with Crippen molar-refractivity contribution in [3.8, 4) is 0 Å². The molecule has 92 valence electrons. The van der Waals surface area contributed by atoms with Crippen LogP contribution in [-0.2, 0) is 18.2 Å². The average Bonchev–Trinajstić information content (AvgIpc) is 2.68. The highest BCUT2D eigenvalue weighted by Crippen LogP contribution is 2.06. The molecular formula is C12H23N3O. The number of rotatable bonds is 8. The topological polar surface area (TPSA) is 39.1 Å². The Morgan fingerprint density at radius 2 is 2.31 bits per heavy atom. The van der Waals surface area contributed by atoms with Gasteiger partial charge in [0.05, 0.1) is 0 Å². The molecule has 0 radical (unpaired) electrons. The van der Waals surface area contributed by atoms with Crippen LogP contribution in [0, 0.1) is 0 Å². The largest absolute Gasteiger partial charge is 0.385 e. The minimum Gasteiger partial charge on any atom is -0.385 e. The maximum atomic E-state index is 5.12. The second-order valence-corrected chi connectivity index (χ2v) is 4.02. The van der Waals surface area contributed by atoms with Gasteiger partial charge in [-0.25, -0.2) is 0 Å². The van der Waals surface area contributed by atoms with Crippen molar-refractivity contribution in [2.24, 2.45) is 7.05 Å². The number of hydrogen-bond acceptors (Lipinski definition) is 3. The van der Waals surface area contributed by atoms with Crippen LogP contribution in [0.15, 0.2) is 12.3 Å². The molecule has 0 spiro atoms. The van der Waals surface area contributed by atoms with E-state index in [-0.39, 0.29) is 0 Å². The van der Waals surface area contributed by atoms with Crippen LogP contribution in [0.2, 0.25) is 0 Å². The lowest BCUT2D eigenvalue weighted by Crippen LogP contribution is -2.30. The molecule has 0 saturated carbocycles. The van der Waals surface area contributed by atoms with Crippen LogP contribution in [-0.4, -0.2) is 36.1 Å². The van der Waals surface area contributed by atoms with E-state index >= 15 is 0 Å². The summed E-state index contributed by atoms with van der Waals surface area (Å²) in [5.41, 5.74) is 1.29. The predicted molar refractivity (Wildman–Crippen MR) is 65.5 cm³/mol. The number of methoxy groups -OCH3 is 1. The molecule has 0 fully saturated rings. The van der Waals surface area contributed by atoms with E-state index in [1.54, 1.807) is 7.11 Å². The summed E-state index contributed by atoms with van der Waals surface area (Å²) < 4.78 is 7.07. The molecule has 1 N–H and O–H groups in total. The van der Waals surface area contributed by atoms with Gasteiger partial charge >= 0.3 is 0 Å². The molecule has 1 heterocycles. The zero-order chi connectivity index (χ0) is 11.8. The molecule has 0 aliphatic carbocycles. The van der Waals surface area contributed by atoms with Crippen molar-refractivity contribution >= 4 is 0 Å². The van der Waals surface area contributed by atoms with Crippen molar-refractivity contribution in [2.75, 3.05) is 20.3 Å². The first kappa shape index (κ1) is 13.2. The van der Waals surface area contributed by atoms with Crippen LogP contribution < -0.4 is 5.32 Å². The molecule has 1 aromatic rings. The quantitative estimate of drug-likeness (QED) is 0.726. The average molecular weight is 225 g/mol. The summed E-state index contributed by atoms with van der Waals surface area (Å²) in [6.07, 6.45) is 5.13. The molecule has 16 heavy (non-hydrogen) atoms. The van der Waals surface area contributed by atoms with Gasteiger partial charge in [-0.15, -0.1) is 0 Å². The van der Waals surface area contributed by atoms with Crippen molar-refractivity contribution in [1.82, 2.24) is 15.1 Å². The predicted octanol–water partition coefficient (Wildman–Crippen LogP) is 1.37. The van der Waals surface area contributed by atoms with Crippen LogP contribution >= 0.6 is 0 Å². The summed E-state index contributed by atoms with van der Waals surface area (Å²) >= 11 is 0. The minimum absolute atomic E-state index is 0.542. The lowest BCUT2D eigenvalue weighted by atomic mass is 10.1. The van der Waals surface area contributed by atoms with Gasteiger partial charge in [-0.2, -0.15) is 5.10 Å². The third kappa shape index (κ3) is 4.33. The Bertz CT molecular complexity index is 286. The monoisotopic (exact) mass is 225 g/mol. The molecule has 4 heteroatoms. The van der Waals surface area contributed by atoms with E-state index in [9.17, 15) is 0 Å². The maximum absolute atomic E-state index is 5.12. The van der Waals surface area contributed by atoms with Gasteiger partial charge in [0.1, 0.15) is 0 Å². The van der Waals surface area contributed by atoms with Gasteiger partial charge in [-0.1, -0.05) is 6.92 Å². The molecule has 1 aromatic heterocycles. The van der Waals surface area contributed by atoms with Gasteiger partial charge in [0.25, 0.3) is 0 Å². The lowest BCUT2D eigenvalue weighted by Gasteiger charge is -2.17. The summed E-state index contributed by atoms with van der Waals surface area (Å²) in [5, 5.41) is 7.66. The normalized spacial score (nSPS) is 12.9. The van der Waals surface area contributed by atoms with Crippen molar-refractivity contribution in [3.05, 3.63) is 18.0 Å². The molecule has 1 rings (SSSR count). The van der Waals surface area contributed by atoms with Crippen LogP contribution in [0.25, 0.3) is 0 Å². The second kappa shape index (κ2) is 7.41. The third-order valence-electron chi connectivity index (χ3n) is 2.83. The molecule has 0 saturated heterocycles. The van der Waals surface area contributed by atoms with Gasteiger partial charge in [-0.05, 0) is 31.9 Å². The highest BCUT2D eigenvalue weighted by molar-refractivity contribution is 5.00. The van der Waals surface area contributed by atoms with Crippen LogP contribution in [0.4, 0.5) is 0 Å². The van der Waals surface area contributed by atoms with Crippen LogP contribution in [0.5, 0.6) is 0 Å². The fraction of sp³-hybridized carbons (Fsp3) is 0.750. The van der Waals surface area contributed by atoms with Gasteiger partial charge in [0, 0.05) is 38.7 Å². The molecule has 1 atom stereocenters. The Hall–Kier alpha value is -0.870. The van der Waals surface area contributed by atoms with E-state index in [1.165, 1.54) is 5.69 Å². The number of aryl methyl sites for hydroxylation is 2. The minimum atomic E-state index is 0.542. The molecule has 0 aliphatic rings. The zero-order valence-electron chi connectivity index (χ0n) is 10.6. The van der Waals surface area contributed by atoms with Crippen molar-refractivity contribution < 1.29 is 4.74 Å². The standard InChI is InChI=1S/C12H23N3O/c1-4-13-11(8-10-16-3)5-6-12-7-9-14-15(12)2/h7,9,11,13H,4-6,8,10H2,1-3H3. The van der Waals surface area contributed by atoms with E-state index in [0.717, 1.165) is 32.4 Å². The van der Waals surface area contributed by atoms with E-state index in [4.69, 9.17) is 4.74 Å². The molecule has 4 nitrogen and oxygen atoms in total. The van der Waals surface area contributed by atoms with E-state index < -0.39 is 0 Å². The molecule has 0 aliphatic heterocycles. The van der Waals surface area contributed by atoms with Crippen LogP contribution in [0.3, 0.4) is 0 Å². The summed E-state index contributed by atoms with van der Waals surface area (Å²) in [5.74, 6) is 0. The number of ether oxygens (including phenoxy) is 1. The SMILES string of the molecule is CCNC(CCOC)CCc1ccnn1C. The number of hydrogen-bond donors (Lipinski definition) is 1. The zero-order valence-corrected chi connectivity index (χ0v) is 10.6. The second-order valence-electron chi connectivity index (χ2n) is 4.02. The first-order valence-electron chi connectivity index (χ1n) is 5.97. The lowest BCUT2D eigenvalue weighted by molar-refractivity contribution is 0.181. The highest BCUT2D eigenvalue weighted by Gasteiger charge is 2.08. The van der Waals surface area contributed by atoms with E-state index in [2.05, 4.69) is 23.4 Å². The Morgan fingerprint density at radius 3 is 2.88 bits per heavy atom. The van der Waals surface area contributed by atoms with Crippen molar-refractivity contribution in [2.45, 2.75) is 32.2 Å². The van der Waals surface area contributed by atoms with Gasteiger partial charge in [0.2, 0.25) is 0 Å². The summed E-state index contributed by atoms with van der Waals surface area (Å²) in [4.78, 5) is 0. The van der Waals surface area contributed by atoms with E-state index in [1.807, 2.05) is 17.9 Å². The summed E-state index contributed by atoms with van der Waals surface area (Å²) in [6.45, 7) is 3.98. The number of nitrogens with zero attached hydrogens (tertiary/aromatic N) is 2. The maximum Gasteiger partial charge on any atom is 0.0492 e. The van der Waals surface area contributed by atoms with Gasteiger partial charge < -0.3 is 10.1 Å². The molecule has 0 aromatic carbocycles. The summed E-state index contributed by atoms with van der Waals surface area (Å²) in [7, 11) is 3.75. The van der Waals surface area contributed by atoms with Gasteiger partial charge in [-0.3, -0.25) is 4.68 Å². The van der Waals surface area contributed by atoms with Crippen LogP contribution in [0.1, 0.15) is 25.5 Å².